The summed E-state index contributed by atoms with van der Waals surface area (Å²) >= 11 is 0. The summed E-state index contributed by atoms with van der Waals surface area (Å²) in [6, 6.07) is 4.48. The molecule has 0 saturated heterocycles. The van der Waals surface area contributed by atoms with E-state index in [-0.39, 0.29) is 30.1 Å². The molecule has 0 amide bonds. The fraction of sp³-hybridized carbons (Fsp3) is 0.368. The molecule has 0 saturated carbocycles. The lowest BCUT2D eigenvalue weighted by Gasteiger charge is -2.34. The number of anilines is 1. The number of ether oxygens (including phenoxy) is 3. The molecule has 1 aromatic carbocycles. The number of halogens is 4. The van der Waals surface area contributed by atoms with Crippen LogP contribution in [-0.2, 0) is 15.7 Å². The second-order valence-electron chi connectivity index (χ2n) is 6.68. The van der Waals surface area contributed by atoms with Gasteiger partial charge >= 0.3 is 6.18 Å². The van der Waals surface area contributed by atoms with Crippen molar-refractivity contribution in [3.63, 3.8) is 0 Å². The predicted molar refractivity (Wildman–Crippen MR) is 98.8 cm³/mol. The van der Waals surface area contributed by atoms with Gasteiger partial charge in [-0.2, -0.15) is 13.2 Å². The number of rotatable bonds is 6. The smallest absolute Gasteiger partial charge is 0.431 e. The zero-order valence-corrected chi connectivity index (χ0v) is 15.8. The molecule has 3 aromatic rings. The normalized spacial score (nSPS) is 18.8. The average molecular weight is 426 g/mol. The van der Waals surface area contributed by atoms with Crippen molar-refractivity contribution >= 4 is 16.9 Å². The first-order valence-electron chi connectivity index (χ1n) is 9.07. The lowest BCUT2D eigenvalue weighted by Crippen LogP contribution is -2.38. The minimum Gasteiger partial charge on any atom is -0.490 e. The molecule has 3 heterocycles. The van der Waals surface area contributed by atoms with Gasteiger partial charge in [0.25, 0.3) is 0 Å². The van der Waals surface area contributed by atoms with Crippen LogP contribution in [0.2, 0.25) is 0 Å². The third kappa shape index (κ3) is 4.03. The van der Waals surface area contributed by atoms with E-state index in [4.69, 9.17) is 14.2 Å². The van der Waals surface area contributed by atoms with Crippen molar-refractivity contribution in [3.8, 4) is 5.75 Å². The maximum atomic E-state index is 13.6. The molecular formula is C19H18F4N4O3. The number of aromatic nitrogens is 3. The lowest BCUT2D eigenvalue weighted by atomic mass is 9.97. The number of benzene rings is 1. The number of aromatic amines is 1. The Bertz CT molecular complexity index is 1040. The number of hydrogen-bond donors (Lipinski definition) is 2. The van der Waals surface area contributed by atoms with Gasteiger partial charge in [0, 0.05) is 18.7 Å². The Kier molecular flexibility index (Phi) is 5.48. The van der Waals surface area contributed by atoms with Crippen molar-refractivity contribution in [3.05, 3.63) is 47.7 Å². The largest absolute Gasteiger partial charge is 0.490 e. The van der Waals surface area contributed by atoms with Crippen LogP contribution in [0.15, 0.2) is 30.6 Å². The highest BCUT2D eigenvalue weighted by atomic mass is 19.4. The van der Waals surface area contributed by atoms with Crippen molar-refractivity contribution in [1.29, 1.82) is 0 Å². The Balaban J connectivity index is 1.70. The summed E-state index contributed by atoms with van der Waals surface area (Å²) in [4.78, 5) is 10.2. The molecule has 2 N–H and O–H groups in total. The van der Waals surface area contributed by atoms with Gasteiger partial charge in [0.1, 0.15) is 47.8 Å². The Morgan fingerprint density at radius 3 is 2.83 bits per heavy atom. The Morgan fingerprint density at radius 2 is 2.07 bits per heavy atom. The minimum absolute atomic E-state index is 0.0445. The molecule has 0 fully saturated rings. The Hall–Kier alpha value is -2.92. The second kappa shape index (κ2) is 8.07. The van der Waals surface area contributed by atoms with E-state index in [1.807, 2.05) is 0 Å². The van der Waals surface area contributed by atoms with Gasteiger partial charge in [-0.1, -0.05) is 6.07 Å². The Labute approximate surface area is 168 Å². The standard InChI is InChI=1S/C19H18F4N4O3/c1-28-4-5-29-14-8-30-13-6-10(20)2-3-11(13)16(14)27-18-12-7-15(19(21,22)23)26-17(12)24-9-25-18/h2-3,6-7,9,14,16H,4-5,8H2,1H3,(H2,24,25,26,27). The van der Waals surface area contributed by atoms with E-state index in [2.05, 4.69) is 20.3 Å². The maximum absolute atomic E-state index is 13.6. The van der Waals surface area contributed by atoms with Crippen molar-refractivity contribution in [2.45, 2.75) is 18.3 Å². The van der Waals surface area contributed by atoms with Crippen LogP contribution < -0.4 is 10.1 Å². The van der Waals surface area contributed by atoms with E-state index in [9.17, 15) is 17.6 Å². The summed E-state index contributed by atoms with van der Waals surface area (Å²) in [7, 11) is 1.54. The highest BCUT2D eigenvalue weighted by molar-refractivity contribution is 5.88. The number of methoxy groups -OCH3 is 1. The Morgan fingerprint density at radius 1 is 1.23 bits per heavy atom. The van der Waals surface area contributed by atoms with Gasteiger partial charge < -0.3 is 24.5 Å². The fourth-order valence-electron chi connectivity index (χ4n) is 3.31. The first kappa shape index (κ1) is 20.4. The zero-order valence-electron chi connectivity index (χ0n) is 15.8. The van der Waals surface area contributed by atoms with Crippen LogP contribution in [0.5, 0.6) is 5.75 Å². The van der Waals surface area contributed by atoms with Crippen LogP contribution in [0.4, 0.5) is 23.4 Å². The summed E-state index contributed by atoms with van der Waals surface area (Å²) in [5.41, 5.74) is -0.283. The monoisotopic (exact) mass is 426 g/mol. The fourth-order valence-corrected chi connectivity index (χ4v) is 3.31. The molecule has 1 aliphatic heterocycles. The van der Waals surface area contributed by atoms with Gasteiger partial charge in [-0.15, -0.1) is 0 Å². The molecule has 4 rings (SSSR count). The SMILES string of the molecule is COCCOC1COc2cc(F)ccc2C1Nc1ncnc2[nH]c(C(F)(F)F)cc12. The molecule has 0 bridgehead atoms. The van der Waals surface area contributed by atoms with Gasteiger partial charge in [-0.3, -0.25) is 0 Å². The maximum Gasteiger partial charge on any atom is 0.431 e. The van der Waals surface area contributed by atoms with Crippen LogP contribution >= 0.6 is 0 Å². The van der Waals surface area contributed by atoms with Gasteiger partial charge in [0.15, 0.2) is 0 Å². The number of fused-ring (bicyclic) bond motifs is 2. The molecule has 2 unspecified atom stereocenters. The van der Waals surface area contributed by atoms with E-state index in [1.54, 1.807) is 6.07 Å². The topological polar surface area (TPSA) is 81.3 Å². The highest BCUT2D eigenvalue weighted by Crippen LogP contribution is 2.38. The molecule has 0 spiro atoms. The van der Waals surface area contributed by atoms with E-state index in [1.165, 1.54) is 19.2 Å². The molecule has 2 aromatic heterocycles. The molecule has 7 nitrogen and oxygen atoms in total. The van der Waals surface area contributed by atoms with Crippen molar-refractivity contribution in [2.24, 2.45) is 0 Å². The van der Waals surface area contributed by atoms with Crippen molar-refractivity contribution in [2.75, 3.05) is 32.2 Å². The van der Waals surface area contributed by atoms with Gasteiger partial charge in [0.05, 0.1) is 24.6 Å². The summed E-state index contributed by atoms with van der Waals surface area (Å²) in [6.07, 6.45) is -3.90. The third-order valence-corrected chi connectivity index (χ3v) is 4.73. The molecule has 2 atom stereocenters. The van der Waals surface area contributed by atoms with E-state index >= 15 is 0 Å². The molecule has 0 aliphatic carbocycles. The number of nitrogens with one attached hydrogen (secondary N) is 2. The summed E-state index contributed by atoms with van der Waals surface area (Å²) in [5, 5.41) is 3.31. The minimum atomic E-state index is -4.55. The van der Waals surface area contributed by atoms with E-state index in [0.717, 1.165) is 12.4 Å². The number of nitrogens with zero attached hydrogens (tertiary/aromatic N) is 2. The van der Waals surface area contributed by atoms with Gasteiger partial charge in [-0.05, 0) is 12.1 Å². The second-order valence-corrected chi connectivity index (χ2v) is 6.68. The van der Waals surface area contributed by atoms with E-state index < -0.39 is 29.8 Å². The van der Waals surface area contributed by atoms with Crippen LogP contribution in [0.3, 0.4) is 0 Å². The lowest BCUT2D eigenvalue weighted by molar-refractivity contribution is -0.140. The summed E-state index contributed by atoms with van der Waals surface area (Å²) in [6.45, 7) is 0.748. The van der Waals surface area contributed by atoms with Crippen LogP contribution in [-0.4, -0.2) is 48.0 Å². The average Bonchev–Trinajstić information content (AvgIpc) is 3.15. The first-order chi connectivity index (χ1) is 14.4. The highest BCUT2D eigenvalue weighted by Gasteiger charge is 2.35. The summed E-state index contributed by atoms with van der Waals surface area (Å²) in [5.74, 6) is 0.0554. The van der Waals surface area contributed by atoms with Crippen molar-refractivity contribution < 1.29 is 31.8 Å². The molecule has 160 valence electrons. The molecule has 0 radical (unpaired) electrons. The quantitative estimate of drug-likeness (QED) is 0.462. The zero-order chi connectivity index (χ0) is 21.3. The van der Waals surface area contributed by atoms with Gasteiger partial charge in [0.2, 0.25) is 0 Å². The van der Waals surface area contributed by atoms with Crippen LogP contribution in [0.25, 0.3) is 11.0 Å². The van der Waals surface area contributed by atoms with Crippen LogP contribution in [0.1, 0.15) is 17.3 Å². The third-order valence-electron chi connectivity index (χ3n) is 4.73. The number of alkyl halides is 3. The first-order valence-corrected chi connectivity index (χ1v) is 9.07. The number of H-pyrrole nitrogens is 1. The van der Waals surface area contributed by atoms with Gasteiger partial charge in [-0.25, -0.2) is 14.4 Å². The summed E-state index contributed by atoms with van der Waals surface area (Å²) < 4.78 is 69.4. The number of hydrogen-bond acceptors (Lipinski definition) is 6. The molecule has 11 heteroatoms. The predicted octanol–water partition coefficient (Wildman–Crippen LogP) is 3.69. The van der Waals surface area contributed by atoms with E-state index in [0.29, 0.717) is 17.9 Å². The van der Waals surface area contributed by atoms with Crippen molar-refractivity contribution in [1.82, 2.24) is 15.0 Å². The molecule has 30 heavy (non-hydrogen) atoms. The van der Waals surface area contributed by atoms with Crippen LogP contribution in [0, 0.1) is 5.82 Å². The molecule has 1 aliphatic rings. The molecular weight excluding hydrogens is 408 g/mol.